The second kappa shape index (κ2) is 19.7. The summed E-state index contributed by atoms with van der Waals surface area (Å²) in [6, 6.07) is 7.83. The number of nitrogens with two attached hydrogens (primary N) is 2. The number of aldehydes is 1. The smallest absolute Gasteiger partial charge is 0.242 e. The van der Waals surface area contributed by atoms with Crippen LogP contribution >= 0.6 is 11.8 Å². The number of nitrogens with one attached hydrogen (secondary N) is 1. The van der Waals surface area contributed by atoms with Crippen molar-refractivity contribution in [3.05, 3.63) is 52.2 Å². The molecular formula is C37H56N8O4S. The summed E-state index contributed by atoms with van der Waals surface area (Å²) in [6.07, 6.45) is 7.91. The number of aliphatic imine (C=N–C) groups is 1. The van der Waals surface area contributed by atoms with Gasteiger partial charge in [-0.25, -0.2) is 4.99 Å². The minimum absolute atomic E-state index is 0.147. The fourth-order valence-corrected chi connectivity index (χ4v) is 7.37. The average Bonchev–Trinajstić information content (AvgIpc) is 3.61. The summed E-state index contributed by atoms with van der Waals surface area (Å²) in [7, 11) is 1.71. The summed E-state index contributed by atoms with van der Waals surface area (Å²) >= 11 is 1.29. The number of amides is 2. The zero-order valence-corrected chi connectivity index (χ0v) is 30.9. The lowest BCUT2D eigenvalue weighted by molar-refractivity contribution is -0.138. The van der Waals surface area contributed by atoms with Crippen molar-refractivity contribution < 1.29 is 19.1 Å². The first-order chi connectivity index (χ1) is 24.2. The highest BCUT2D eigenvalue weighted by Gasteiger charge is 2.39. The van der Waals surface area contributed by atoms with Crippen molar-refractivity contribution in [1.82, 2.24) is 24.6 Å². The van der Waals surface area contributed by atoms with E-state index in [9.17, 15) is 14.4 Å². The maximum atomic E-state index is 12.8. The van der Waals surface area contributed by atoms with Crippen molar-refractivity contribution >= 4 is 48.1 Å². The molecule has 2 saturated heterocycles. The summed E-state index contributed by atoms with van der Waals surface area (Å²) in [4.78, 5) is 47.0. The lowest BCUT2D eigenvalue weighted by Crippen LogP contribution is -2.48. The number of ether oxygens (including phenoxy) is 1. The molecule has 12 nitrogen and oxygen atoms in total. The molecule has 4 rings (SSSR count). The van der Waals surface area contributed by atoms with Crippen molar-refractivity contribution in [1.29, 1.82) is 0 Å². The van der Waals surface area contributed by atoms with E-state index in [-0.39, 0.29) is 18.2 Å². The molecule has 2 unspecified atom stereocenters. The molecular weight excluding hydrogens is 653 g/mol. The third-order valence-electron chi connectivity index (χ3n) is 9.18. The highest BCUT2D eigenvalue weighted by atomic mass is 32.2. The Labute approximate surface area is 300 Å². The number of imide groups is 1. The number of hydrogen-bond acceptors (Lipinski definition) is 10. The molecule has 0 saturated carbocycles. The Balaban J connectivity index is 1.35. The lowest BCUT2D eigenvalue weighted by Gasteiger charge is -2.35. The predicted octanol–water partition coefficient (Wildman–Crippen LogP) is 1.46. The number of thioether (sulfide) groups is 1. The molecule has 50 heavy (non-hydrogen) atoms. The monoisotopic (exact) mass is 708 g/mol. The number of piperazine rings is 1. The summed E-state index contributed by atoms with van der Waals surface area (Å²) in [5.74, 6) is 2.23. The number of carbonyl (C=O) groups excluding carboxylic acids is 3. The van der Waals surface area contributed by atoms with Gasteiger partial charge in [-0.2, -0.15) is 0 Å². The molecule has 0 aliphatic carbocycles. The van der Waals surface area contributed by atoms with Crippen LogP contribution in [-0.2, 0) is 27.5 Å². The first-order valence-corrected chi connectivity index (χ1v) is 18.9. The summed E-state index contributed by atoms with van der Waals surface area (Å²) in [5, 5.41) is 4.92. The van der Waals surface area contributed by atoms with Gasteiger partial charge < -0.3 is 30.9 Å². The van der Waals surface area contributed by atoms with Crippen LogP contribution in [0.4, 0.5) is 0 Å². The number of likely N-dealkylation sites (tertiary alicyclic amines) is 1. The van der Waals surface area contributed by atoms with Crippen LogP contribution in [-0.4, -0.2) is 113 Å². The molecule has 1 aromatic carbocycles. The van der Waals surface area contributed by atoms with Crippen LogP contribution in [0, 0.1) is 0 Å². The summed E-state index contributed by atoms with van der Waals surface area (Å²) in [6.45, 7) is 15.4. The summed E-state index contributed by atoms with van der Waals surface area (Å²) in [5.41, 5.74) is 14.2. The Hall–Kier alpha value is -3.65. The molecule has 2 atom stereocenters. The zero-order chi connectivity index (χ0) is 36.0. The zero-order valence-electron chi connectivity index (χ0n) is 30.1. The van der Waals surface area contributed by atoms with Crippen molar-refractivity contribution in [2.24, 2.45) is 16.5 Å². The summed E-state index contributed by atoms with van der Waals surface area (Å²) < 4.78 is 8.05. The number of benzene rings is 1. The topological polar surface area (TPSA) is 152 Å². The quantitative estimate of drug-likeness (QED) is 0.0607. The third-order valence-corrected chi connectivity index (χ3v) is 10.5. The molecule has 2 amide bonds. The molecule has 0 spiro atoms. The van der Waals surface area contributed by atoms with E-state index in [0.29, 0.717) is 37.5 Å². The Morgan fingerprint density at radius 2 is 1.86 bits per heavy atom. The van der Waals surface area contributed by atoms with Gasteiger partial charge in [0.05, 0.1) is 30.3 Å². The van der Waals surface area contributed by atoms with E-state index >= 15 is 0 Å². The molecule has 274 valence electrons. The molecule has 0 radical (unpaired) electrons. The van der Waals surface area contributed by atoms with Gasteiger partial charge in [0.1, 0.15) is 17.9 Å². The van der Waals surface area contributed by atoms with Gasteiger partial charge in [0.2, 0.25) is 11.8 Å². The van der Waals surface area contributed by atoms with E-state index in [1.54, 1.807) is 7.11 Å². The van der Waals surface area contributed by atoms with Crippen LogP contribution in [0.1, 0.15) is 63.5 Å². The number of aromatic nitrogens is 1. The maximum absolute atomic E-state index is 12.8. The second-order valence-electron chi connectivity index (χ2n) is 13.1. The minimum atomic E-state index is -0.622. The van der Waals surface area contributed by atoms with E-state index in [0.717, 1.165) is 99.1 Å². The fraction of sp³-hybridized carbons (Fsp3) is 0.568. The molecule has 2 aliphatic rings. The van der Waals surface area contributed by atoms with E-state index in [1.165, 1.54) is 22.2 Å². The van der Waals surface area contributed by atoms with Crippen molar-refractivity contribution in [3.8, 4) is 5.75 Å². The highest BCUT2D eigenvalue weighted by molar-refractivity contribution is 8.00. The molecule has 3 heterocycles. The molecule has 13 heteroatoms. The largest absolute Gasteiger partial charge is 0.496 e. The van der Waals surface area contributed by atoms with Crippen molar-refractivity contribution in [3.63, 3.8) is 0 Å². The van der Waals surface area contributed by atoms with Crippen LogP contribution < -0.4 is 32.1 Å². The number of amidine groups is 1. The maximum Gasteiger partial charge on any atom is 0.242 e. The third kappa shape index (κ3) is 10.9. The Kier molecular flexibility index (Phi) is 15.4. The Morgan fingerprint density at radius 3 is 2.56 bits per heavy atom. The van der Waals surface area contributed by atoms with E-state index in [4.69, 9.17) is 21.2 Å². The van der Waals surface area contributed by atoms with Gasteiger partial charge in [0.25, 0.3) is 0 Å². The minimum Gasteiger partial charge on any atom is -0.496 e. The number of rotatable bonds is 20. The normalized spacial score (nSPS) is 18.8. The Morgan fingerprint density at radius 1 is 1.10 bits per heavy atom. The number of methoxy groups -OCH3 is 1. The van der Waals surface area contributed by atoms with Gasteiger partial charge in [-0.05, 0) is 35.8 Å². The van der Waals surface area contributed by atoms with Crippen molar-refractivity contribution in [2.45, 2.75) is 76.8 Å². The first-order valence-electron chi connectivity index (χ1n) is 17.9. The number of nitrogens with zero attached hydrogens (tertiary/aromatic N) is 5. The molecule has 0 bridgehead atoms. The number of hydrogen-bond donors (Lipinski definition) is 3. The molecule has 1 aromatic heterocycles. The van der Waals surface area contributed by atoms with Gasteiger partial charge in [-0.1, -0.05) is 45.4 Å². The van der Waals surface area contributed by atoms with Gasteiger partial charge in [0.15, 0.2) is 5.82 Å². The first kappa shape index (κ1) is 39.1. The molecule has 2 aromatic rings. The van der Waals surface area contributed by atoms with Gasteiger partial charge in [-0.15, -0.1) is 11.8 Å². The average molecular weight is 709 g/mol. The van der Waals surface area contributed by atoms with Gasteiger partial charge in [0, 0.05) is 82.7 Å². The highest BCUT2D eigenvalue weighted by Crippen LogP contribution is 2.26. The van der Waals surface area contributed by atoms with Gasteiger partial charge in [-0.3, -0.25) is 24.3 Å². The van der Waals surface area contributed by atoms with E-state index < -0.39 is 11.3 Å². The van der Waals surface area contributed by atoms with E-state index in [2.05, 4.69) is 58.3 Å². The molecule has 2 fully saturated rings. The van der Waals surface area contributed by atoms with Crippen LogP contribution in [0.25, 0.3) is 12.4 Å². The fourth-order valence-electron chi connectivity index (χ4n) is 6.31. The van der Waals surface area contributed by atoms with Crippen LogP contribution in [0.5, 0.6) is 5.75 Å². The SMILES string of the molecule is C=c1ccn(Cc2ccc(CN3CCN(CCN4C(=O)CC(SCC(N)C=O)C4=O)CC3)cc2OC)/c1=C(/N=C(/N)CCC)NCCCCC. The number of unbranched alkanes of at least 4 members (excludes halogenated alkanes) is 2. The Bertz CT molecular complexity index is 1590. The molecule has 5 N–H and O–H groups in total. The molecule has 2 aliphatic heterocycles. The lowest BCUT2D eigenvalue weighted by atomic mass is 10.1. The van der Waals surface area contributed by atoms with Crippen LogP contribution in [0.2, 0.25) is 0 Å². The van der Waals surface area contributed by atoms with E-state index in [1.807, 2.05) is 12.3 Å². The van der Waals surface area contributed by atoms with Crippen molar-refractivity contribution in [2.75, 3.05) is 58.7 Å². The van der Waals surface area contributed by atoms with Crippen LogP contribution in [0.15, 0.2) is 35.5 Å². The predicted molar refractivity (Wildman–Crippen MR) is 202 cm³/mol. The number of carbonyl (C=O) groups is 3. The second-order valence-corrected chi connectivity index (χ2v) is 14.4. The van der Waals surface area contributed by atoms with Gasteiger partial charge >= 0.3 is 0 Å². The standard InChI is InChI=1S/C37H56N8O4S/c1-5-7-8-13-40-36(41-33(39)9-6-2)35-27(3)12-14-44(35)24-29-11-10-28(21-31(29)49-4)23-43-17-15-42(16-18-43)19-20-45-34(47)22-32(37(45)48)50-26-30(38)25-46/h10-12,14,21,25,30,32,40H,3,5-9,13,15-20,22-24,26,38H2,1-2,4H3,(H2,39,41)/b36-35+. The van der Waals surface area contributed by atoms with Crippen LogP contribution in [0.3, 0.4) is 0 Å².